The second-order valence-corrected chi connectivity index (χ2v) is 7.93. The number of rotatable bonds is 5. The fourth-order valence-electron chi connectivity index (χ4n) is 3.97. The van der Waals surface area contributed by atoms with Gasteiger partial charge in [0.2, 0.25) is 5.91 Å². The molecule has 5 N–H and O–H groups in total. The van der Waals surface area contributed by atoms with E-state index >= 15 is 0 Å². The van der Waals surface area contributed by atoms with Gasteiger partial charge in [-0.2, -0.15) is 0 Å². The van der Waals surface area contributed by atoms with Gasteiger partial charge in [-0.15, -0.1) is 0 Å². The maximum absolute atomic E-state index is 12.3. The number of nitrogens with one attached hydrogen (secondary N) is 3. The van der Waals surface area contributed by atoms with Gasteiger partial charge in [-0.05, 0) is 43.1 Å². The molecular formula is C20H21ClN8O. The number of hydrogen-bond donors (Lipinski definition) is 4. The highest BCUT2D eigenvalue weighted by Crippen LogP contribution is 2.26. The second-order valence-electron chi connectivity index (χ2n) is 7.49. The van der Waals surface area contributed by atoms with Crippen LogP contribution in [0.25, 0.3) is 22.1 Å². The van der Waals surface area contributed by atoms with Gasteiger partial charge in [0.05, 0.1) is 31.0 Å². The van der Waals surface area contributed by atoms with Crippen molar-refractivity contribution in [3.05, 3.63) is 47.1 Å². The van der Waals surface area contributed by atoms with Crippen LogP contribution in [0, 0.1) is 0 Å². The number of H-pyrrole nitrogens is 1. The minimum atomic E-state index is -0.0941. The molecule has 1 unspecified atom stereocenters. The van der Waals surface area contributed by atoms with Crippen LogP contribution in [-0.2, 0) is 17.9 Å². The van der Waals surface area contributed by atoms with Gasteiger partial charge in [-0.25, -0.2) is 15.0 Å². The first-order valence-electron chi connectivity index (χ1n) is 9.81. The fraction of sp³-hybridized carbons (Fsp3) is 0.300. The van der Waals surface area contributed by atoms with Crippen molar-refractivity contribution in [2.24, 2.45) is 0 Å². The summed E-state index contributed by atoms with van der Waals surface area (Å²) in [6, 6.07) is 5.75. The summed E-state index contributed by atoms with van der Waals surface area (Å²) >= 11 is 6.37. The highest BCUT2D eigenvalue weighted by Gasteiger charge is 2.21. The number of nitrogens with zero attached hydrogens (tertiary/aromatic N) is 4. The Morgan fingerprint density at radius 3 is 3.03 bits per heavy atom. The number of anilines is 1. The van der Waals surface area contributed by atoms with Crippen molar-refractivity contribution in [1.82, 2.24) is 35.1 Å². The number of benzene rings is 1. The smallest absolute Gasteiger partial charge is 0.237 e. The van der Waals surface area contributed by atoms with Crippen LogP contribution >= 0.6 is 11.6 Å². The van der Waals surface area contributed by atoms with Crippen LogP contribution in [-0.4, -0.2) is 43.0 Å². The van der Waals surface area contributed by atoms with Crippen molar-refractivity contribution < 1.29 is 4.79 Å². The lowest BCUT2D eigenvalue weighted by Gasteiger charge is -2.10. The van der Waals surface area contributed by atoms with Crippen LogP contribution < -0.4 is 16.4 Å². The number of fused-ring (bicyclic) bond motifs is 2. The van der Waals surface area contributed by atoms with E-state index in [1.54, 1.807) is 6.33 Å². The average molecular weight is 425 g/mol. The predicted molar refractivity (Wildman–Crippen MR) is 115 cm³/mol. The van der Waals surface area contributed by atoms with E-state index in [0.29, 0.717) is 35.1 Å². The van der Waals surface area contributed by atoms with Gasteiger partial charge in [0.1, 0.15) is 11.8 Å². The zero-order valence-electron chi connectivity index (χ0n) is 16.2. The predicted octanol–water partition coefficient (Wildman–Crippen LogP) is 1.96. The Bertz CT molecular complexity index is 1240. The molecule has 0 saturated carbocycles. The van der Waals surface area contributed by atoms with Gasteiger partial charge in [0.15, 0.2) is 11.5 Å². The third kappa shape index (κ3) is 3.46. The molecule has 0 aliphatic carbocycles. The molecule has 1 amide bonds. The van der Waals surface area contributed by atoms with E-state index in [9.17, 15) is 4.79 Å². The lowest BCUT2D eigenvalue weighted by Crippen LogP contribution is -2.40. The first-order chi connectivity index (χ1) is 14.6. The molecule has 1 aliphatic rings. The number of carbonyl (C=O) groups excluding carboxylic acids is 1. The van der Waals surface area contributed by atoms with Crippen molar-refractivity contribution in [2.75, 3.05) is 12.3 Å². The Labute approximate surface area is 177 Å². The maximum Gasteiger partial charge on any atom is 0.237 e. The maximum atomic E-state index is 12.3. The molecule has 4 aromatic rings. The van der Waals surface area contributed by atoms with Gasteiger partial charge in [-0.1, -0.05) is 11.6 Å². The Hall–Kier alpha value is -3.17. The third-order valence-corrected chi connectivity index (χ3v) is 5.65. The summed E-state index contributed by atoms with van der Waals surface area (Å²) in [5, 5.41) is 7.84. The van der Waals surface area contributed by atoms with E-state index in [1.807, 2.05) is 22.8 Å². The first-order valence-corrected chi connectivity index (χ1v) is 10.2. The zero-order chi connectivity index (χ0) is 20.7. The Morgan fingerprint density at radius 2 is 2.20 bits per heavy atom. The van der Waals surface area contributed by atoms with E-state index in [1.165, 1.54) is 6.33 Å². The highest BCUT2D eigenvalue weighted by molar-refractivity contribution is 6.31. The molecule has 1 aliphatic heterocycles. The Morgan fingerprint density at radius 1 is 1.30 bits per heavy atom. The molecule has 1 saturated heterocycles. The second kappa shape index (κ2) is 7.58. The molecular weight excluding hydrogens is 404 g/mol. The number of carbonyl (C=O) groups is 1. The van der Waals surface area contributed by atoms with E-state index in [2.05, 4.69) is 30.6 Å². The summed E-state index contributed by atoms with van der Waals surface area (Å²) in [5.74, 6) is 0.385. The topological polar surface area (TPSA) is 127 Å². The molecule has 1 aromatic carbocycles. The number of hydrogen-bond acceptors (Lipinski definition) is 6. The van der Waals surface area contributed by atoms with E-state index in [-0.39, 0.29) is 11.9 Å². The minimum Gasteiger partial charge on any atom is -0.382 e. The van der Waals surface area contributed by atoms with Crippen molar-refractivity contribution in [2.45, 2.75) is 32.0 Å². The average Bonchev–Trinajstić information content (AvgIpc) is 3.46. The first kappa shape index (κ1) is 18.8. The summed E-state index contributed by atoms with van der Waals surface area (Å²) in [6.45, 7) is 1.84. The van der Waals surface area contributed by atoms with Crippen LogP contribution in [0.2, 0.25) is 5.02 Å². The summed E-state index contributed by atoms with van der Waals surface area (Å²) in [4.78, 5) is 28.3. The molecule has 154 valence electrons. The lowest BCUT2D eigenvalue weighted by atomic mass is 10.1. The van der Waals surface area contributed by atoms with Crippen molar-refractivity contribution in [3.63, 3.8) is 0 Å². The SMILES string of the molecule is Nc1ncnc2c1ncn2Cc1cc(Cl)cc2cc(CNC(=O)C3CCCN3)[nH]c12. The number of nitrogens with two attached hydrogens (primary N) is 1. The molecule has 0 bridgehead atoms. The molecule has 30 heavy (non-hydrogen) atoms. The molecule has 0 spiro atoms. The van der Waals surface area contributed by atoms with Gasteiger partial charge >= 0.3 is 0 Å². The van der Waals surface area contributed by atoms with Crippen molar-refractivity contribution >= 4 is 45.4 Å². The van der Waals surface area contributed by atoms with Crippen molar-refractivity contribution in [1.29, 1.82) is 0 Å². The van der Waals surface area contributed by atoms with Crippen LogP contribution in [0.5, 0.6) is 0 Å². The summed E-state index contributed by atoms with van der Waals surface area (Å²) in [7, 11) is 0. The number of amides is 1. The van der Waals surface area contributed by atoms with Gasteiger partial charge in [0, 0.05) is 16.1 Å². The molecule has 1 atom stereocenters. The molecule has 3 aromatic heterocycles. The largest absolute Gasteiger partial charge is 0.382 e. The summed E-state index contributed by atoms with van der Waals surface area (Å²) < 4.78 is 1.91. The third-order valence-electron chi connectivity index (χ3n) is 5.43. The van der Waals surface area contributed by atoms with Gasteiger partial charge in [-0.3, -0.25) is 4.79 Å². The summed E-state index contributed by atoms with van der Waals surface area (Å²) in [5.41, 5.74) is 10.0. The van der Waals surface area contributed by atoms with Gasteiger partial charge < -0.3 is 25.9 Å². The fourth-order valence-corrected chi connectivity index (χ4v) is 4.22. The number of nitrogen functional groups attached to an aromatic ring is 1. The van der Waals surface area contributed by atoms with E-state index in [4.69, 9.17) is 17.3 Å². The monoisotopic (exact) mass is 424 g/mol. The zero-order valence-corrected chi connectivity index (χ0v) is 16.9. The number of aromatic amines is 1. The normalized spacial score (nSPS) is 16.5. The number of imidazole rings is 1. The lowest BCUT2D eigenvalue weighted by molar-refractivity contribution is -0.122. The standard InChI is InChI=1S/C20H21ClN8O/c21-13-4-11-6-14(7-24-20(30)15-2-1-3-23-15)28-16(11)12(5-13)8-29-10-27-17-18(22)25-9-26-19(17)29/h4-6,9-10,15,23,28H,1-3,7-8H2,(H,24,30)(H2,22,25,26). The Kier molecular flexibility index (Phi) is 4.76. The van der Waals surface area contributed by atoms with E-state index in [0.717, 1.165) is 41.5 Å². The molecule has 0 radical (unpaired) electrons. The molecule has 5 rings (SSSR count). The van der Waals surface area contributed by atoms with Gasteiger partial charge in [0.25, 0.3) is 0 Å². The Balaban J connectivity index is 1.42. The molecule has 1 fully saturated rings. The quantitative estimate of drug-likeness (QED) is 0.388. The number of halogens is 1. The highest BCUT2D eigenvalue weighted by atomic mass is 35.5. The van der Waals surface area contributed by atoms with Crippen LogP contribution in [0.4, 0.5) is 5.82 Å². The number of aromatic nitrogens is 5. The molecule has 10 heteroatoms. The summed E-state index contributed by atoms with van der Waals surface area (Å²) in [6.07, 6.45) is 5.04. The molecule has 4 heterocycles. The van der Waals surface area contributed by atoms with E-state index < -0.39 is 0 Å². The molecule has 9 nitrogen and oxygen atoms in total. The van der Waals surface area contributed by atoms with Crippen LogP contribution in [0.1, 0.15) is 24.1 Å². The van der Waals surface area contributed by atoms with Crippen LogP contribution in [0.3, 0.4) is 0 Å². The van der Waals surface area contributed by atoms with Crippen LogP contribution in [0.15, 0.2) is 30.9 Å². The minimum absolute atomic E-state index is 0.0339. The van der Waals surface area contributed by atoms with Crippen molar-refractivity contribution in [3.8, 4) is 0 Å².